The van der Waals surface area contributed by atoms with Crippen molar-refractivity contribution < 1.29 is 20.4 Å². The van der Waals surface area contributed by atoms with Crippen LogP contribution in [0, 0.1) is 0 Å². The van der Waals surface area contributed by atoms with E-state index in [4.69, 9.17) is 0 Å². The largest absolute Gasteiger partial charge is 0.507 e. The summed E-state index contributed by atoms with van der Waals surface area (Å²) in [5, 5.41) is 53.7. The van der Waals surface area contributed by atoms with Crippen molar-refractivity contribution in [3.8, 4) is 45.3 Å². The summed E-state index contributed by atoms with van der Waals surface area (Å²) < 4.78 is 0. The van der Waals surface area contributed by atoms with E-state index in [2.05, 4.69) is 6.92 Å². The van der Waals surface area contributed by atoms with E-state index in [1.807, 2.05) is 121 Å². The Morgan fingerprint density at radius 1 is 0.438 bits per heavy atom. The first-order valence-electron chi connectivity index (χ1n) is 16.3. The highest BCUT2D eigenvalue weighted by molar-refractivity contribution is 6.11. The molecule has 0 fully saturated rings. The summed E-state index contributed by atoms with van der Waals surface area (Å²) in [6.45, 7) is 2.09. The number of fused-ring (bicyclic) bond motifs is 4. The fraction of sp³-hybridized carbons (Fsp3) is 0.0909. The van der Waals surface area contributed by atoms with Gasteiger partial charge in [0, 0.05) is 22.3 Å². The lowest BCUT2D eigenvalue weighted by Crippen LogP contribution is -2.00. The summed E-state index contributed by atoms with van der Waals surface area (Å²) in [6, 6.07) is 42.9. The Kier molecular flexibility index (Phi) is 7.14. The van der Waals surface area contributed by atoms with Crippen molar-refractivity contribution in [1.82, 2.24) is 0 Å². The Hall–Kier alpha value is -6.00. The second-order valence-electron chi connectivity index (χ2n) is 12.7. The molecular formula is C44H34O4. The first kappa shape index (κ1) is 29.4. The average Bonchev–Trinajstić information content (AvgIpc) is 3.11. The maximum absolute atomic E-state index is 12.0. The standard InChI is InChI=1S/C44H34O4/c1-26(36-25-30-13-5-9-17-35(30)42(44(36)48)40-33-15-7-3-11-28(33)21-23-38(40)46)18-19-31-24-29-12-4-8-16-34(29)41(43(31)47)39-32-14-6-2-10-27(32)20-22-37(39)45/h2-17,20-26,45-48H,18-19H2,1H3. The van der Waals surface area contributed by atoms with E-state index in [1.165, 1.54) is 0 Å². The van der Waals surface area contributed by atoms with E-state index in [9.17, 15) is 20.4 Å². The van der Waals surface area contributed by atoms with Gasteiger partial charge in [-0.25, -0.2) is 0 Å². The molecule has 0 aliphatic carbocycles. The summed E-state index contributed by atoms with van der Waals surface area (Å²) in [5.74, 6) is 0.439. The minimum atomic E-state index is -0.0919. The minimum absolute atomic E-state index is 0.0919. The van der Waals surface area contributed by atoms with Crippen LogP contribution in [0.4, 0.5) is 0 Å². The molecule has 8 rings (SSSR count). The lowest BCUT2D eigenvalue weighted by molar-refractivity contribution is 0.457. The Bertz CT molecular complexity index is 2530. The quantitative estimate of drug-likeness (QED) is 0.148. The SMILES string of the molecule is CC(CCc1cc2ccccc2c(-c2c(O)ccc3ccccc23)c1O)c1cc2ccccc2c(-c2c(O)ccc3ccccc23)c1O. The molecule has 0 aliphatic heterocycles. The van der Waals surface area contributed by atoms with Gasteiger partial charge in [0.05, 0.1) is 0 Å². The molecular weight excluding hydrogens is 592 g/mol. The molecule has 48 heavy (non-hydrogen) atoms. The summed E-state index contributed by atoms with van der Waals surface area (Å²) >= 11 is 0. The molecule has 1 unspecified atom stereocenters. The van der Waals surface area contributed by atoms with E-state index in [0.29, 0.717) is 35.1 Å². The highest BCUT2D eigenvalue weighted by Gasteiger charge is 2.24. The first-order chi connectivity index (χ1) is 23.4. The van der Waals surface area contributed by atoms with Crippen molar-refractivity contribution in [3.63, 3.8) is 0 Å². The van der Waals surface area contributed by atoms with Gasteiger partial charge in [-0.1, -0.05) is 116 Å². The van der Waals surface area contributed by atoms with Gasteiger partial charge in [-0.05, 0) is 97.2 Å². The van der Waals surface area contributed by atoms with E-state index in [1.54, 1.807) is 12.1 Å². The van der Waals surface area contributed by atoms with Gasteiger partial charge in [-0.2, -0.15) is 0 Å². The molecule has 8 aromatic rings. The fourth-order valence-electron chi connectivity index (χ4n) is 7.40. The molecule has 0 radical (unpaired) electrons. The molecule has 234 valence electrons. The molecule has 0 amide bonds. The summed E-state index contributed by atoms with van der Waals surface area (Å²) in [7, 11) is 0. The normalized spacial score (nSPS) is 12.3. The number of rotatable bonds is 6. The van der Waals surface area contributed by atoms with E-state index >= 15 is 0 Å². The van der Waals surface area contributed by atoms with Crippen LogP contribution in [0.1, 0.15) is 30.4 Å². The van der Waals surface area contributed by atoms with Crippen LogP contribution in [0.3, 0.4) is 0 Å². The van der Waals surface area contributed by atoms with Gasteiger partial charge in [0.1, 0.15) is 23.0 Å². The number of benzene rings is 8. The molecule has 4 heteroatoms. The maximum Gasteiger partial charge on any atom is 0.127 e. The van der Waals surface area contributed by atoms with Gasteiger partial charge >= 0.3 is 0 Å². The second-order valence-corrected chi connectivity index (χ2v) is 12.7. The Morgan fingerprint density at radius 3 is 1.38 bits per heavy atom. The van der Waals surface area contributed by atoms with Crippen LogP contribution in [0.2, 0.25) is 0 Å². The van der Waals surface area contributed by atoms with Gasteiger partial charge in [0.15, 0.2) is 0 Å². The van der Waals surface area contributed by atoms with Crippen molar-refractivity contribution in [2.24, 2.45) is 0 Å². The van der Waals surface area contributed by atoms with Crippen LogP contribution >= 0.6 is 0 Å². The highest BCUT2D eigenvalue weighted by atomic mass is 16.3. The molecule has 1 atom stereocenters. The Balaban J connectivity index is 1.24. The van der Waals surface area contributed by atoms with Gasteiger partial charge in [-0.3, -0.25) is 0 Å². The van der Waals surface area contributed by atoms with E-state index in [0.717, 1.165) is 54.2 Å². The summed E-state index contributed by atoms with van der Waals surface area (Å²) in [6.07, 6.45) is 1.18. The zero-order chi connectivity index (χ0) is 32.9. The zero-order valence-electron chi connectivity index (χ0n) is 26.5. The predicted molar refractivity (Wildman–Crippen MR) is 197 cm³/mol. The van der Waals surface area contributed by atoms with Crippen LogP contribution < -0.4 is 0 Å². The van der Waals surface area contributed by atoms with Crippen LogP contribution in [-0.2, 0) is 6.42 Å². The van der Waals surface area contributed by atoms with E-state index in [-0.39, 0.29) is 28.9 Å². The van der Waals surface area contributed by atoms with Crippen molar-refractivity contribution in [2.75, 3.05) is 0 Å². The lowest BCUT2D eigenvalue weighted by atomic mass is 9.85. The van der Waals surface area contributed by atoms with Crippen molar-refractivity contribution in [1.29, 1.82) is 0 Å². The molecule has 0 aromatic heterocycles. The number of aromatic hydroxyl groups is 4. The molecule has 0 heterocycles. The third-order valence-corrected chi connectivity index (χ3v) is 9.84. The average molecular weight is 627 g/mol. The Morgan fingerprint density at radius 2 is 0.854 bits per heavy atom. The van der Waals surface area contributed by atoms with Crippen molar-refractivity contribution in [3.05, 3.63) is 145 Å². The topological polar surface area (TPSA) is 80.9 Å². The first-order valence-corrected chi connectivity index (χ1v) is 16.3. The van der Waals surface area contributed by atoms with Crippen LogP contribution in [0.15, 0.2) is 133 Å². The maximum atomic E-state index is 12.0. The van der Waals surface area contributed by atoms with Gasteiger partial charge in [0.2, 0.25) is 0 Å². The summed E-state index contributed by atoms with van der Waals surface area (Å²) in [5.41, 5.74) is 4.02. The predicted octanol–water partition coefficient (Wildman–Crippen LogP) is 11.2. The van der Waals surface area contributed by atoms with Crippen LogP contribution in [0.25, 0.3) is 65.3 Å². The summed E-state index contributed by atoms with van der Waals surface area (Å²) in [4.78, 5) is 0. The molecule has 4 nitrogen and oxygen atoms in total. The molecule has 4 N–H and O–H groups in total. The molecule has 0 aliphatic rings. The molecule has 0 saturated heterocycles. The molecule has 8 aromatic carbocycles. The second kappa shape index (κ2) is 11.7. The monoisotopic (exact) mass is 626 g/mol. The van der Waals surface area contributed by atoms with Gasteiger partial charge < -0.3 is 20.4 Å². The third-order valence-electron chi connectivity index (χ3n) is 9.84. The highest BCUT2D eigenvalue weighted by Crippen LogP contribution is 2.49. The van der Waals surface area contributed by atoms with Gasteiger partial charge in [-0.15, -0.1) is 0 Å². The third kappa shape index (κ3) is 4.76. The number of aryl methyl sites for hydroxylation is 1. The van der Waals surface area contributed by atoms with Crippen molar-refractivity contribution in [2.45, 2.75) is 25.7 Å². The fourth-order valence-corrected chi connectivity index (χ4v) is 7.40. The minimum Gasteiger partial charge on any atom is -0.507 e. The Labute approximate surface area is 278 Å². The van der Waals surface area contributed by atoms with Crippen LogP contribution in [0.5, 0.6) is 23.0 Å². The zero-order valence-corrected chi connectivity index (χ0v) is 26.5. The lowest BCUT2D eigenvalue weighted by Gasteiger charge is -2.21. The van der Waals surface area contributed by atoms with Gasteiger partial charge in [0.25, 0.3) is 0 Å². The van der Waals surface area contributed by atoms with Crippen molar-refractivity contribution >= 4 is 43.1 Å². The number of hydrogen-bond donors (Lipinski definition) is 4. The number of phenols is 4. The number of hydrogen-bond acceptors (Lipinski definition) is 4. The van der Waals surface area contributed by atoms with Crippen LogP contribution in [-0.4, -0.2) is 20.4 Å². The number of phenolic OH excluding ortho intramolecular Hbond substituents is 4. The molecule has 0 bridgehead atoms. The van der Waals surface area contributed by atoms with E-state index < -0.39 is 0 Å². The molecule has 0 spiro atoms. The molecule has 0 saturated carbocycles. The smallest absolute Gasteiger partial charge is 0.127 e.